The maximum atomic E-state index is 5.83. The number of benzene rings is 1. The first-order valence-electron chi connectivity index (χ1n) is 6.51. The zero-order valence-electron chi connectivity index (χ0n) is 10.6. The van der Waals surface area contributed by atoms with Gasteiger partial charge >= 0.3 is 0 Å². The highest BCUT2D eigenvalue weighted by atomic mass is 32.2. The number of nitrogen functional groups attached to an aromatic ring is 1. The van der Waals surface area contributed by atoms with Crippen molar-refractivity contribution in [3.63, 3.8) is 0 Å². The lowest BCUT2D eigenvalue weighted by atomic mass is 10.1. The van der Waals surface area contributed by atoms with Crippen LogP contribution in [0.5, 0.6) is 0 Å². The first kappa shape index (κ1) is 12.4. The Morgan fingerprint density at radius 1 is 1.05 bits per heavy atom. The van der Waals surface area contributed by atoms with Crippen molar-refractivity contribution in [2.75, 3.05) is 11.5 Å². The molecule has 0 aliphatic carbocycles. The predicted octanol–water partition coefficient (Wildman–Crippen LogP) is 3.08. The second-order valence-electron chi connectivity index (χ2n) is 4.60. The lowest BCUT2D eigenvalue weighted by Crippen LogP contribution is -2.10. The highest BCUT2D eigenvalue weighted by Crippen LogP contribution is 2.37. The van der Waals surface area contributed by atoms with Crippen LogP contribution in [0.15, 0.2) is 30.3 Å². The van der Waals surface area contributed by atoms with Gasteiger partial charge < -0.3 is 5.73 Å². The molecule has 5 heteroatoms. The summed E-state index contributed by atoms with van der Waals surface area (Å²) in [5.41, 5.74) is 6.82. The van der Waals surface area contributed by atoms with Gasteiger partial charge in [0, 0.05) is 5.56 Å². The standard InChI is InChI=1S/C14H16N4S/c15-14-17-12(10-6-2-1-3-7-10)16-13(18-14)11-8-4-5-9-19-11/h1-3,6-7,11H,4-5,8-9H2,(H2,15,16,17,18). The van der Waals surface area contributed by atoms with Gasteiger partial charge in [-0.25, -0.2) is 4.98 Å². The van der Waals surface area contributed by atoms with Crippen LogP contribution in [0.25, 0.3) is 11.4 Å². The van der Waals surface area contributed by atoms with Crippen LogP contribution in [0.1, 0.15) is 30.3 Å². The summed E-state index contributed by atoms with van der Waals surface area (Å²) in [6.07, 6.45) is 3.65. The topological polar surface area (TPSA) is 64.7 Å². The third-order valence-electron chi connectivity index (χ3n) is 3.17. The van der Waals surface area contributed by atoms with Crippen LogP contribution in [0.3, 0.4) is 0 Å². The van der Waals surface area contributed by atoms with E-state index in [1.807, 2.05) is 42.1 Å². The molecule has 1 aliphatic rings. The zero-order valence-corrected chi connectivity index (χ0v) is 11.4. The fraction of sp³-hybridized carbons (Fsp3) is 0.357. The van der Waals surface area contributed by atoms with Crippen molar-refractivity contribution < 1.29 is 0 Å². The number of aromatic nitrogens is 3. The van der Waals surface area contributed by atoms with Crippen LogP contribution in [0, 0.1) is 0 Å². The van der Waals surface area contributed by atoms with Gasteiger partial charge in [-0.1, -0.05) is 36.8 Å². The Labute approximate surface area is 116 Å². The lowest BCUT2D eigenvalue weighted by molar-refractivity contribution is 0.661. The van der Waals surface area contributed by atoms with Crippen molar-refractivity contribution in [1.82, 2.24) is 15.0 Å². The molecule has 1 saturated heterocycles. The van der Waals surface area contributed by atoms with Crippen molar-refractivity contribution in [3.8, 4) is 11.4 Å². The van der Waals surface area contributed by atoms with Gasteiger partial charge in [-0.05, 0) is 18.6 Å². The largest absolute Gasteiger partial charge is 0.368 e. The first-order valence-corrected chi connectivity index (χ1v) is 7.56. The minimum absolute atomic E-state index is 0.315. The van der Waals surface area contributed by atoms with Gasteiger partial charge in [-0.15, -0.1) is 0 Å². The minimum atomic E-state index is 0.315. The van der Waals surface area contributed by atoms with Crippen LogP contribution >= 0.6 is 11.8 Å². The monoisotopic (exact) mass is 272 g/mol. The van der Waals surface area contributed by atoms with E-state index in [9.17, 15) is 0 Å². The number of hydrogen-bond acceptors (Lipinski definition) is 5. The molecular weight excluding hydrogens is 256 g/mol. The Bertz CT molecular complexity index is 553. The molecule has 1 fully saturated rings. The lowest BCUT2D eigenvalue weighted by Gasteiger charge is -2.20. The van der Waals surface area contributed by atoms with Crippen molar-refractivity contribution in [1.29, 1.82) is 0 Å². The van der Waals surface area contributed by atoms with Gasteiger partial charge in [0.05, 0.1) is 5.25 Å². The number of anilines is 1. The number of nitrogens with zero attached hydrogens (tertiary/aromatic N) is 3. The van der Waals surface area contributed by atoms with Gasteiger partial charge in [-0.3, -0.25) is 0 Å². The Morgan fingerprint density at radius 3 is 2.63 bits per heavy atom. The van der Waals surface area contributed by atoms with Crippen molar-refractivity contribution >= 4 is 17.7 Å². The molecule has 4 nitrogen and oxygen atoms in total. The smallest absolute Gasteiger partial charge is 0.223 e. The first-order chi connectivity index (χ1) is 9.33. The maximum Gasteiger partial charge on any atom is 0.223 e. The van der Waals surface area contributed by atoms with Crippen LogP contribution in [0.2, 0.25) is 0 Å². The summed E-state index contributed by atoms with van der Waals surface area (Å²) in [5, 5.41) is 0.363. The second-order valence-corrected chi connectivity index (χ2v) is 5.91. The third kappa shape index (κ3) is 2.87. The van der Waals surface area contributed by atoms with E-state index >= 15 is 0 Å². The van der Waals surface area contributed by atoms with E-state index in [1.54, 1.807) is 0 Å². The summed E-state index contributed by atoms with van der Waals surface area (Å²) in [4.78, 5) is 13.2. The average molecular weight is 272 g/mol. The highest BCUT2D eigenvalue weighted by Gasteiger charge is 2.20. The van der Waals surface area contributed by atoms with Crippen molar-refractivity contribution in [2.24, 2.45) is 0 Å². The van der Waals surface area contributed by atoms with Crippen molar-refractivity contribution in [2.45, 2.75) is 24.5 Å². The van der Waals surface area contributed by atoms with E-state index in [2.05, 4.69) is 15.0 Å². The quantitative estimate of drug-likeness (QED) is 0.910. The van der Waals surface area contributed by atoms with E-state index in [1.165, 1.54) is 18.6 Å². The third-order valence-corrected chi connectivity index (χ3v) is 4.54. The van der Waals surface area contributed by atoms with Gasteiger partial charge in [0.25, 0.3) is 0 Å². The summed E-state index contributed by atoms with van der Waals surface area (Å²) in [6.45, 7) is 0. The summed E-state index contributed by atoms with van der Waals surface area (Å²) in [6, 6.07) is 9.92. The molecule has 0 amide bonds. The fourth-order valence-corrected chi connectivity index (χ4v) is 3.46. The number of thioether (sulfide) groups is 1. The molecule has 98 valence electrons. The van der Waals surface area contributed by atoms with E-state index < -0.39 is 0 Å². The molecule has 1 unspecified atom stereocenters. The SMILES string of the molecule is Nc1nc(-c2ccccc2)nc(C2CCCCS2)n1. The van der Waals surface area contributed by atoms with E-state index in [0.717, 1.165) is 17.8 Å². The molecule has 1 aromatic carbocycles. The Hall–Kier alpha value is -1.62. The molecule has 2 N–H and O–H groups in total. The predicted molar refractivity (Wildman–Crippen MR) is 78.7 cm³/mol. The summed E-state index contributed by atoms with van der Waals surface area (Å²) in [5.74, 6) is 3.00. The average Bonchev–Trinajstić information content (AvgIpc) is 2.48. The zero-order chi connectivity index (χ0) is 13.1. The minimum Gasteiger partial charge on any atom is -0.368 e. The number of hydrogen-bond donors (Lipinski definition) is 1. The summed E-state index contributed by atoms with van der Waals surface area (Å²) in [7, 11) is 0. The summed E-state index contributed by atoms with van der Waals surface area (Å²) >= 11 is 1.92. The molecule has 19 heavy (non-hydrogen) atoms. The fourth-order valence-electron chi connectivity index (χ4n) is 2.21. The van der Waals surface area contributed by atoms with Gasteiger partial charge in [0.2, 0.25) is 5.95 Å². The normalized spacial score (nSPS) is 19.3. The number of nitrogens with two attached hydrogens (primary N) is 1. The Morgan fingerprint density at radius 2 is 1.89 bits per heavy atom. The van der Waals surface area contributed by atoms with E-state index in [4.69, 9.17) is 5.73 Å². The molecule has 0 radical (unpaired) electrons. The van der Waals surface area contributed by atoms with Crippen LogP contribution < -0.4 is 5.73 Å². The van der Waals surface area contributed by atoms with E-state index in [0.29, 0.717) is 17.0 Å². The van der Waals surface area contributed by atoms with Crippen molar-refractivity contribution in [3.05, 3.63) is 36.2 Å². The molecule has 0 spiro atoms. The van der Waals surface area contributed by atoms with Crippen LogP contribution in [-0.2, 0) is 0 Å². The van der Waals surface area contributed by atoms with Gasteiger partial charge in [0.15, 0.2) is 5.82 Å². The molecule has 1 aliphatic heterocycles. The van der Waals surface area contributed by atoms with E-state index in [-0.39, 0.29) is 0 Å². The molecule has 2 heterocycles. The van der Waals surface area contributed by atoms with Gasteiger partial charge in [-0.2, -0.15) is 21.7 Å². The number of rotatable bonds is 2. The maximum absolute atomic E-state index is 5.83. The second kappa shape index (κ2) is 5.57. The highest BCUT2D eigenvalue weighted by molar-refractivity contribution is 7.99. The Kier molecular flexibility index (Phi) is 3.64. The van der Waals surface area contributed by atoms with Crippen LogP contribution in [0.4, 0.5) is 5.95 Å². The molecular formula is C14H16N4S. The molecule has 3 rings (SSSR count). The van der Waals surface area contributed by atoms with Crippen LogP contribution in [-0.4, -0.2) is 20.7 Å². The molecule has 1 aromatic heterocycles. The molecule has 0 saturated carbocycles. The summed E-state index contributed by atoms with van der Waals surface area (Å²) < 4.78 is 0. The molecule has 1 atom stereocenters. The molecule has 2 aromatic rings. The van der Waals surface area contributed by atoms with Gasteiger partial charge in [0.1, 0.15) is 5.82 Å². The Balaban J connectivity index is 1.96. The molecule has 0 bridgehead atoms.